The van der Waals surface area contributed by atoms with Gasteiger partial charge in [-0.3, -0.25) is 0 Å². The highest BCUT2D eigenvalue weighted by atomic mass is 16.3. The molecule has 10 rings (SSSR count). The first-order valence-electron chi connectivity index (χ1n) is 18.3. The topological polar surface area (TPSA) is 29.3 Å². The molecule has 10 aromatic rings. The quantitative estimate of drug-likeness (QED) is 0.167. The van der Waals surface area contributed by atoms with Gasteiger partial charge in [0.05, 0.1) is 0 Å². The maximum atomic E-state index is 6.50. The molecule has 0 bridgehead atoms. The minimum atomic E-state index is 0.631. The van der Waals surface area contributed by atoms with Crippen molar-refractivity contribution in [2.45, 2.75) is 0 Å². The predicted octanol–water partition coefficient (Wildman–Crippen LogP) is 14.3. The summed E-state index contributed by atoms with van der Waals surface area (Å²) >= 11 is 0. The van der Waals surface area contributed by atoms with Gasteiger partial charge in [-0.2, -0.15) is 0 Å². The number of nitrogens with zero attached hydrogens (tertiary/aromatic N) is 2. The molecule has 9 aromatic carbocycles. The maximum Gasteiger partial charge on any atom is 0.227 e. The maximum absolute atomic E-state index is 6.50. The number of benzene rings is 9. The molecule has 0 saturated heterocycles. The van der Waals surface area contributed by atoms with E-state index in [9.17, 15) is 0 Å². The molecule has 0 amide bonds. The third kappa shape index (κ3) is 5.69. The highest BCUT2D eigenvalue weighted by Crippen LogP contribution is 2.41. The Balaban J connectivity index is 1.03. The summed E-state index contributed by atoms with van der Waals surface area (Å²) in [5.41, 5.74) is 13.0. The molecule has 0 aliphatic heterocycles. The third-order valence-electron chi connectivity index (χ3n) is 10.3. The van der Waals surface area contributed by atoms with Gasteiger partial charge in [0.15, 0.2) is 5.58 Å². The molecule has 54 heavy (non-hydrogen) atoms. The molecule has 1 aromatic heterocycles. The molecule has 0 unspecified atom stereocenters. The summed E-state index contributed by atoms with van der Waals surface area (Å²) in [7, 11) is 0. The number of rotatable bonds is 7. The van der Waals surface area contributed by atoms with Gasteiger partial charge in [-0.15, -0.1) is 0 Å². The minimum absolute atomic E-state index is 0.631. The van der Waals surface area contributed by atoms with E-state index in [1.807, 2.05) is 18.2 Å². The van der Waals surface area contributed by atoms with Crippen LogP contribution in [0.4, 0.5) is 17.1 Å². The number of fused-ring (bicyclic) bond motifs is 4. The molecule has 0 N–H and O–H groups in total. The molecule has 0 aliphatic rings. The molecular weight excluding hydrogens is 657 g/mol. The summed E-state index contributed by atoms with van der Waals surface area (Å²) in [6.45, 7) is 0. The van der Waals surface area contributed by atoms with Crippen molar-refractivity contribution in [3.05, 3.63) is 206 Å². The molecule has 254 valence electrons. The van der Waals surface area contributed by atoms with Gasteiger partial charge in [-0.1, -0.05) is 158 Å². The van der Waals surface area contributed by atoms with Crippen LogP contribution >= 0.6 is 0 Å². The summed E-state index contributed by atoms with van der Waals surface area (Å²) in [6, 6.07) is 72.9. The van der Waals surface area contributed by atoms with E-state index in [0.29, 0.717) is 5.89 Å². The molecule has 1 heterocycles. The largest absolute Gasteiger partial charge is 0.435 e. The summed E-state index contributed by atoms with van der Waals surface area (Å²) < 4.78 is 6.50. The van der Waals surface area contributed by atoms with Crippen LogP contribution in [0, 0.1) is 0 Å². The van der Waals surface area contributed by atoms with Crippen molar-refractivity contribution < 1.29 is 4.42 Å². The fraction of sp³-hybridized carbons (Fsp3) is 0. The van der Waals surface area contributed by atoms with E-state index in [1.54, 1.807) is 0 Å². The first-order valence-corrected chi connectivity index (χ1v) is 18.3. The lowest BCUT2D eigenvalue weighted by Crippen LogP contribution is -2.09. The van der Waals surface area contributed by atoms with Crippen molar-refractivity contribution in [2.24, 2.45) is 0 Å². The Kier molecular flexibility index (Phi) is 7.81. The standard InChI is InChI=1S/C51H34N2O/c1-3-11-35(12-4-1)37-19-26-41(27-20-37)53(42-28-21-38(22-29-42)36-13-5-2-6-14-36)43-30-23-40(24-31-43)44-32-33-48(47-18-10-9-17-46(44)47)51-52-49-34-25-39-15-7-8-16-45(39)50(49)54-51/h1-34H. The molecule has 0 fully saturated rings. The Morgan fingerprint density at radius 2 is 0.778 bits per heavy atom. The number of oxazole rings is 1. The number of hydrogen-bond donors (Lipinski definition) is 0. The number of aromatic nitrogens is 1. The van der Waals surface area contributed by atoms with Crippen molar-refractivity contribution >= 4 is 49.7 Å². The zero-order valence-electron chi connectivity index (χ0n) is 29.4. The van der Waals surface area contributed by atoms with E-state index in [4.69, 9.17) is 9.40 Å². The Morgan fingerprint density at radius 3 is 1.35 bits per heavy atom. The molecular formula is C51H34N2O. The monoisotopic (exact) mass is 690 g/mol. The second-order valence-corrected chi connectivity index (χ2v) is 13.6. The summed E-state index contributed by atoms with van der Waals surface area (Å²) in [6.07, 6.45) is 0. The van der Waals surface area contributed by atoms with E-state index in [0.717, 1.165) is 66.4 Å². The van der Waals surface area contributed by atoms with Crippen molar-refractivity contribution in [3.63, 3.8) is 0 Å². The van der Waals surface area contributed by atoms with Crippen LogP contribution in [0.1, 0.15) is 0 Å². The highest BCUT2D eigenvalue weighted by Gasteiger charge is 2.17. The van der Waals surface area contributed by atoms with Gasteiger partial charge in [0.25, 0.3) is 0 Å². The third-order valence-corrected chi connectivity index (χ3v) is 10.3. The molecule has 0 aliphatic carbocycles. The summed E-state index contributed by atoms with van der Waals surface area (Å²) in [4.78, 5) is 7.27. The lowest BCUT2D eigenvalue weighted by molar-refractivity contribution is 0.624. The molecule has 0 radical (unpaired) electrons. The van der Waals surface area contributed by atoms with Crippen LogP contribution in [0.3, 0.4) is 0 Å². The van der Waals surface area contributed by atoms with Crippen LogP contribution in [-0.2, 0) is 0 Å². The van der Waals surface area contributed by atoms with Gasteiger partial charge in [0.2, 0.25) is 5.89 Å². The highest BCUT2D eigenvalue weighted by molar-refractivity contribution is 6.07. The first kappa shape index (κ1) is 31.5. The fourth-order valence-electron chi connectivity index (χ4n) is 7.61. The SMILES string of the molecule is c1ccc(-c2ccc(N(c3ccc(-c4ccccc4)cc3)c3ccc(-c4ccc(-c5nc6ccc7ccccc7c6o5)c5ccccc45)cc3)cc2)cc1. The van der Waals surface area contributed by atoms with Gasteiger partial charge in [0, 0.05) is 28.0 Å². The zero-order valence-corrected chi connectivity index (χ0v) is 29.4. The van der Waals surface area contributed by atoms with Crippen molar-refractivity contribution in [2.75, 3.05) is 4.90 Å². The van der Waals surface area contributed by atoms with Crippen LogP contribution < -0.4 is 4.90 Å². The van der Waals surface area contributed by atoms with Crippen LogP contribution in [0.25, 0.3) is 77.5 Å². The Bertz CT molecular complexity index is 2810. The Hall–Kier alpha value is -7.23. The normalized spacial score (nSPS) is 11.3. The van der Waals surface area contributed by atoms with E-state index >= 15 is 0 Å². The molecule has 3 heteroatoms. The average molecular weight is 691 g/mol. The van der Waals surface area contributed by atoms with Gasteiger partial charge >= 0.3 is 0 Å². The summed E-state index contributed by atoms with van der Waals surface area (Å²) in [5, 5.41) is 4.47. The molecule has 0 atom stereocenters. The molecule has 0 spiro atoms. The van der Waals surface area contributed by atoms with Crippen LogP contribution in [0.5, 0.6) is 0 Å². The molecule has 0 saturated carbocycles. The van der Waals surface area contributed by atoms with Crippen molar-refractivity contribution in [1.82, 2.24) is 4.98 Å². The van der Waals surface area contributed by atoms with Gasteiger partial charge in [0.1, 0.15) is 5.52 Å². The minimum Gasteiger partial charge on any atom is -0.435 e. The van der Waals surface area contributed by atoms with Crippen LogP contribution in [0.15, 0.2) is 211 Å². The average Bonchev–Trinajstić information content (AvgIpc) is 3.70. The smallest absolute Gasteiger partial charge is 0.227 e. The van der Waals surface area contributed by atoms with Gasteiger partial charge in [-0.05, 0) is 98.1 Å². The van der Waals surface area contributed by atoms with Crippen LogP contribution in [-0.4, -0.2) is 4.98 Å². The first-order chi connectivity index (χ1) is 26.8. The molecule has 3 nitrogen and oxygen atoms in total. The second kappa shape index (κ2) is 13.4. The summed E-state index contributed by atoms with van der Waals surface area (Å²) in [5.74, 6) is 0.631. The Morgan fingerprint density at radius 1 is 0.333 bits per heavy atom. The van der Waals surface area contributed by atoms with Gasteiger partial charge < -0.3 is 9.32 Å². The lowest BCUT2D eigenvalue weighted by Gasteiger charge is -2.26. The van der Waals surface area contributed by atoms with Gasteiger partial charge in [-0.25, -0.2) is 4.98 Å². The van der Waals surface area contributed by atoms with Crippen molar-refractivity contribution in [3.8, 4) is 44.8 Å². The van der Waals surface area contributed by atoms with E-state index in [1.165, 1.54) is 22.3 Å². The van der Waals surface area contributed by atoms with E-state index in [2.05, 4.69) is 193 Å². The zero-order chi connectivity index (χ0) is 35.8. The fourth-order valence-corrected chi connectivity index (χ4v) is 7.61. The lowest BCUT2D eigenvalue weighted by atomic mass is 9.94. The second-order valence-electron chi connectivity index (χ2n) is 13.6. The van der Waals surface area contributed by atoms with Crippen LogP contribution in [0.2, 0.25) is 0 Å². The predicted molar refractivity (Wildman–Crippen MR) is 225 cm³/mol. The van der Waals surface area contributed by atoms with E-state index < -0.39 is 0 Å². The number of hydrogen-bond acceptors (Lipinski definition) is 3. The van der Waals surface area contributed by atoms with E-state index in [-0.39, 0.29) is 0 Å². The van der Waals surface area contributed by atoms with Crippen molar-refractivity contribution in [1.29, 1.82) is 0 Å². The Labute approximate surface area is 314 Å². The number of anilines is 3.